The van der Waals surface area contributed by atoms with E-state index in [9.17, 15) is 4.79 Å². The third kappa shape index (κ3) is 4.57. The minimum Gasteiger partial charge on any atom is -0.493 e. The second-order valence-electron chi connectivity index (χ2n) is 7.28. The van der Waals surface area contributed by atoms with E-state index in [-0.39, 0.29) is 11.9 Å². The van der Waals surface area contributed by atoms with Crippen LogP contribution in [0, 0.1) is 5.92 Å². The average molecular weight is 366 g/mol. The molecule has 6 heteroatoms. The summed E-state index contributed by atoms with van der Waals surface area (Å²) in [5.74, 6) is 2.43. The fourth-order valence-electron chi connectivity index (χ4n) is 3.87. The van der Waals surface area contributed by atoms with Crippen molar-refractivity contribution in [2.24, 2.45) is 5.92 Å². The number of likely N-dealkylation sites (tertiary alicyclic amines) is 1. The predicted octanol–water partition coefficient (Wildman–Crippen LogP) is 2.46. The van der Waals surface area contributed by atoms with Crippen molar-refractivity contribution in [3.8, 4) is 5.75 Å². The van der Waals surface area contributed by atoms with Crippen LogP contribution in [0.4, 0.5) is 5.82 Å². The zero-order chi connectivity index (χ0) is 18.5. The van der Waals surface area contributed by atoms with Gasteiger partial charge in [-0.1, -0.05) is 24.3 Å². The lowest BCUT2D eigenvalue weighted by Crippen LogP contribution is -2.39. The molecule has 6 nitrogen and oxygen atoms in total. The number of hydrogen-bond donors (Lipinski definition) is 2. The fourth-order valence-corrected chi connectivity index (χ4v) is 3.87. The number of carbonyl (C=O) groups is 1. The Kier molecular flexibility index (Phi) is 5.53. The Labute approximate surface area is 159 Å². The van der Waals surface area contributed by atoms with E-state index in [1.165, 1.54) is 0 Å². The van der Waals surface area contributed by atoms with Crippen molar-refractivity contribution in [1.82, 2.24) is 15.2 Å². The standard InChI is InChI=1S/C21H26N4O2/c26-21(24-18-9-12-27-19-6-2-1-5-17(18)19)15-25-11-8-16(14-25)13-23-20-7-3-4-10-22-20/h1-7,10,16,18H,8-9,11-15H2,(H,22,23)(H,24,26). The van der Waals surface area contributed by atoms with Gasteiger partial charge in [-0.25, -0.2) is 4.98 Å². The molecule has 2 aliphatic rings. The van der Waals surface area contributed by atoms with E-state index >= 15 is 0 Å². The molecule has 1 fully saturated rings. The highest BCUT2D eigenvalue weighted by atomic mass is 16.5. The number of amides is 1. The summed E-state index contributed by atoms with van der Waals surface area (Å²) in [6, 6.07) is 13.9. The highest BCUT2D eigenvalue weighted by molar-refractivity contribution is 5.78. The quantitative estimate of drug-likeness (QED) is 0.822. The second kappa shape index (κ2) is 8.39. The topological polar surface area (TPSA) is 66.5 Å². The van der Waals surface area contributed by atoms with E-state index in [1.807, 2.05) is 42.5 Å². The molecule has 2 unspecified atom stereocenters. The fraction of sp³-hybridized carbons (Fsp3) is 0.429. The molecule has 142 valence electrons. The average Bonchev–Trinajstić information content (AvgIpc) is 3.15. The molecule has 1 saturated heterocycles. The van der Waals surface area contributed by atoms with Crippen LogP contribution in [0.5, 0.6) is 5.75 Å². The Morgan fingerprint density at radius 1 is 1.19 bits per heavy atom. The second-order valence-corrected chi connectivity index (χ2v) is 7.28. The Balaban J connectivity index is 1.24. The van der Waals surface area contributed by atoms with Crippen LogP contribution in [0.1, 0.15) is 24.4 Å². The van der Waals surface area contributed by atoms with Crippen LogP contribution in [0.15, 0.2) is 48.7 Å². The van der Waals surface area contributed by atoms with Gasteiger partial charge in [0.05, 0.1) is 19.2 Å². The van der Waals surface area contributed by atoms with Crippen LogP contribution in [0.3, 0.4) is 0 Å². The zero-order valence-electron chi connectivity index (χ0n) is 15.4. The molecule has 1 amide bonds. The molecule has 0 aliphatic carbocycles. The van der Waals surface area contributed by atoms with Crippen molar-refractivity contribution in [2.45, 2.75) is 18.9 Å². The van der Waals surface area contributed by atoms with Crippen molar-refractivity contribution in [3.05, 3.63) is 54.2 Å². The number of pyridine rings is 1. The summed E-state index contributed by atoms with van der Waals surface area (Å²) in [7, 11) is 0. The number of anilines is 1. The number of ether oxygens (including phenoxy) is 1. The van der Waals surface area contributed by atoms with E-state index in [1.54, 1.807) is 6.20 Å². The van der Waals surface area contributed by atoms with Crippen molar-refractivity contribution in [1.29, 1.82) is 0 Å². The number of rotatable bonds is 6. The molecule has 27 heavy (non-hydrogen) atoms. The van der Waals surface area contributed by atoms with Crippen LogP contribution in [-0.2, 0) is 4.79 Å². The van der Waals surface area contributed by atoms with Gasteiger partial charge >= 0.3 is 0 Å². The van der Waals surface area contributed by atoms with Crippen molar-refractivity contribution >= 4 is 11.7 Å². The molecular formula is C21H26N4O2. The molecule has 2 atom stereocenters. The van der Waals surface area contributed by atoms with Crippen LogP contribution < -0.4 is 15.4 Å². The third-order valence-electron chi connectivity index (χ3n) is 5.27. The highest BCUT2D eigenvalue weighted by Crippen LogP contribution is 2.31. The third-order valence-corrected chi connectivity index (χ3v) is 5.27. The molecule has 1 aromatic carbocycles. The van der Waals surface area contributed by atoms with Gasteiger partial charge in [0, 0.05) is 31.3 Å². The van der Waals surface area contributed by atoms with Gasteiger partial charge < -0.3 is 15.4 Å². The van der Waals surface area contributed by atoms with Crippen molar-refractivity contribution < 1.29 is 9.53 Å². The number of benzene rings is 1. The maximum absolute atomic E-state index is 12.5. The largest absolute Gasteiger partial charge is 0.493 e. The first-order valence-electron chi connectivity index (χ1n) is 9.66. The van der Waals surface area contributed by atoms with E-state index in [4.69, 9.17) is 4.74 Å². The number of nitrogens with zero attached hydrogens (tertiary/aromatic N) is 2. The van der Waals surface area contributed by atoms with E-state index in [0.29, 0.717) is 19.1 Å². The monoisotopic (exact) mass is 366 g/mol. The summed E-state index contributed by atoms with van der Waals surface area (Å²) >= 11 is 0. The molecule has 0 radical (unpaired) electrons. The predicted molar refractivity (Wildman–Crippen MR) is 105 cm³/mol. The van der Waals surface area contributed by atoms with Crippen molar-refractivity contribution in [3.63, 3.8) is 0 Å². The summed E-state index contributed by atoms with van der Waals surface area (Å²) in [6.07, 6.45) is 3.72. The molecule has 2 N–H and O–H groups in total. The number of carbonyl (C=O) groups excluding carboxylic acids is 1. The van der Waals surface area contributed by atoms with Gasteiger partial charge in [-0.2, -0.15) is 0 Å². The Morgan fingerprint density at radius 3 is 2.96 bits per heavy atom. The van der Waals surface area contributed by atoms with Gasteiger partial charge in [0.1, 0.15) is 11.6 Å². The Bertz CT molecular complexity index is 768. The lowest BCUT2D eigenvalue weighted by molar-refractivity contribution is -0.123. The van der Waals surface area contributed by atoms with E-state index in [0.717, 1.165) is 49.6 Å². The number of aromatic nitrogens is 1. The summed E-state index contributed by atoms with van der Waals surface area (Å²) in [5.41, 5.74) is 1.08. The normalized spacial score (nSPS) is 21.9. The molecule has 0 saturated carbocycles. The van der Waals surface area contributed by atoms with Crippen LogP contribution >= 0.6 is 0 Å². The zero-order valence-corrected chi connectivity index (χ0v) is 15.4. The molecule has 2 aliphatic heterocycles. The summed E-state index contributed by atoms with van der Waals surface area (Å²) in [4.78, 5) is 19.1. The molecule has 4 rings (SSSR count). The SMILES string of the molecule is O=C(CN1CCC(CNc2ccccn2)C1)NC1CCOc2ccccc21. The number of nitrogens with one attached hydrogen (secondary N) is 2. The molecule has 3 heterocycles. The summed E-state index contributed by atoms with van der Waals surface area (Å²) in [6.45, 7) is 3.90. The lowest BCUT2D eigenvalue weighted by atomic mass is 10.0. The smallest absolute Gasteiger partial charge is 0.234 e. The van der Waals surface area contributed by atoms with Gasteiger partial charge in [0.25, 0.3) is 0 Å². The molecule has 0 bridgehead atoms. The van der Waals surface area contributed by atoms with Gasteiger partial charge in [0.15, 0.2) is 0 Å². The molecule has 0 spiro atoms. The minimum absolute atomic E-state index is 0.0478. The molecular weight excluding hydrogens is 340 g/mol. The van der Waals surface area contributed by atoms with Gasteiger partial charge in [0.2, 0.25) is 5.91 Å². The highest BCUT2D eigenvalue weighted by Gasteiger charge is 2.26. The summed E-state index contributed by atoms with van der Waals surface area (Å²) < 4.78 is 5.67. The number of fused-ring (bicyclic) bond motifs is 1. The van der Waals surface area contributed by atoms with Gasteiger partial charge in [-0.05, 0) is 37.1 Å². The first kappa shape index (κ1) is 17.8. The van der Waals surface area contributed by atoms with Crippen LogP contribution in [0.2, 0.25) is 0 Å². The number of hydrogen-bond acceptors (Lipinski definition) is 5. The number of para-hydroxylation sites is 1. The maximum atomic E-state index is 12.5. The maximum Gasteiger partial charge on any atom is 0.234 e. The first-order chi connectivity index (χ1) is 13.3. The van der Waals surface area contributed by atoms with Crippen LogP contribution in [0.25, 0.3) is 0 Å². The Morgan fingerprint density at radius 2 is 2.07 bits per heavy atom. The van der Waals surface area contributed by atoms with Gasteiger partial charge in [-0.15, -0.1) is 0 Å². The van der Waals surface area contributed by atoms with Crippen molar-refractivity contribution in [2.75, 3.05) is 38.1 Å². The minimum atomic E-state index is 0.0478. The van der Waals surface area contributed by atoms with Gasteiger partial charge in [-0.3, -0.25) is 9.69 Å². The molecule has 2 aromatic rings. The molecule has 1 aromatic heterocycles. The Hall–Kier alpha value is -2.60. The lowest BCUT2D eigenvalue weighted by Gasteiger charge is -2.27. The van der Waals surface area contributed by atoms with E-state index in [2.05, 4.69) is 20.5 Å². The van der Waals surface area contributed by atoms with E-state index < -0.39 is 0 Å². The first-order valence-corrected chi connectivity index (χ1v) is 9.66. The summed E-state index contributed by atoms with van der Waals surface area (Å²) in [5, 5.41) is 6.57. The van der Waals surface area contributed by atoms with Crippen LogP contribution in [-0.4, -0.2) is 48.6 Å².